The van der Waals surface area contributed by atoms with E-state index in [1.807, 2.05) is 34.0 Å². The second-order valence-corrected chi connectivity index (χ2v) is 42.6. The molecule has 0 bridgehead atoms. The summed E-state index contributed by atoms with van der Waals surface area (Å²) in [6, 6.07) is 146. The first-order valence-electron chi connectivity index (χ1n) is 47.3. The van der Waals surface area contributed by atoms with Gasteiger partial charge in [-0.05, 0) is 285 Å². The van der Waals surface area contributed by atoms with Crippen LogP contribution in [0.25, 0.3) is 205 Å². The third-order valence-electron chi connectivity index (χ3n) is 27.5. The first-order chi connectivity index (χ1) is 66.7. The van der Waals surface area contributed by atoms with E-state index in [2.05, 4.69) is 495 Å². The molecule has 0 N–H and O–H groups in total. The van der Waals surface area contributed by atoms with Crippen molar-refractivity contribution in [2.24, 2.45) is 0 Å². The molecule has 3 aromatic heterocycles. The van der Waals surface area contributed by atoms with E-state index >= 15 is 0 Å². The van der Waals surface area contributed by atoms with Crippen molar-refractivity contribution in [3.05, 3.63) is 437 Å². The number of rotatable bonds is 13. The summed E-state index contributed by atoms with van der Waals surface area (Å²) in [6.45, 7) is 23.3. The van der Waals surface area contributed by atoms with Gasteiger partial charge in [-0.1, -0.05) is 405 Å². The lowest BCUT2D eigenvalue weighted by Crippen LogP contribution is -2.41. The predicted molar refractivity (Wildman–Crippen MR) is 600 cm³/mol. The van der Waals surface area contributed by atoms with Gasteiger partial charge in [-0.25, -0.2) is 0 Å². The zero-order valence-corrected chi connectivity index (χ0v) is 84.3. The smallest absolute Gasteiger partial charge is 0.399 e. The third-order valence-corrected chi connectivity index (χ3v) is 32.1. The van der Waals surface area contributed by atoms with Gasteiger partial charge in [0.25, 0.3) is 0 Å². The summed E-state index contributed by atoms with van der Waals surface area (Å²) in [7, 11) is -0.350. The van der Waals surface area contributed by atoms with Crippen LogP contribution in [0.2, 0.25) is 0 Å². The SMILES string of the molecule is Brc1ccc2c(-c3ccccc3)c3cc(Br)ccc3c(-c3ccccc3)c2c1.C1CCOC1.Cc1ccc(-c2sc3cc(-c4ccc5c(-c6ccccc6)c6cc(-c7ccc8c(-c9ccc(C)cc9)c(-c9ccc(C)cc9)sc8c7)ccc6c(-c6ccccc6)c5c4)ccc3c2-c2ccc(C)cc2)cc1.Cc1ccc(-c2sc3cc(B4OC(C)(C)C(C)(C)O4)ccc3c2-c2ccc(C)cc2)cc1. The highest BCUT2D eigenvalue weighted by atomic mass is 79.9. The van der Waals surface area contributed by atoms with Gasteiger partial charge in [0, 0.05) is 83.7 Å². The first kappa shape index (κ1) is 90.5. The Morgan fingerprint density at radius 3 is 0.737 bits per heavy atom. The van der Waals surface area contributed by atoms with Crippen molar-refractivity contribution in [1.29, 1.82) is 0 Å². The lowest BCUT2D eigenvalue weighted by atomic mass is 9.79. The predicted octanol–water partition coefficient (Wildman–Crippen LogP) is 37.8. The molecule has 2 aliphatic rings. The Morgan fingerprint density at radius 2 is 0.453 bits per heavy atom. The maximum absolute atomic E-state index is 6.31. The number of thiophene rings is 3. The Bertz CT molecular complexity index is 7840. The van der Waals surface area contributed by atoms with Gasteiger partial charge < -0.3 is 14.0 Å². The second kappa shape index (κ2) is 38.5. The van der Waals surface area contributed by atoms with Gasteiger partial charge in [0.15, 0.2) is 0 Å². The average Bonchev–Trinajstić information content (AvgIpc) is 1.73. The zero-order valence-electron chi connectivity index (χ0n) is 78.6. The minimum atomic E-state index is -0.350. The quantitative estimate of drug-likeness (QED) is 0.0851. The summed E-state index contributed by atoms with van der Waals surface area (Å²) in [5.74, 6) is 0. The molecule has 0 amide bonds. The van der Waals surface area contributed by atoms with E-state index in [-0.39, 0.29) is 18.3 Å². The summed E-state index contributed by atoms with van der Waals surface area (Å²) in [5.41, 5.74) is 34.2. The molecular formula is C128H103BBr2O3S3. The van der Waals surface area contributed by atoms with Crippen molar-refractivity contribution >= 4 is 152 Å². The topological polar surface area (TPSA) is 27.7 Å². The van der Waals surface area contributed by atoms with Crippen molar-refractivity contribution in [3.63, 3.8) is 0 Å². The summed E-state index contributed by atoms with van der Waals surface area (Å²) in [4.78, 5) is 3.92. The second-order valence-electron chi connectivity index (χ2n) is 37.6. The van der Waals surface area contributed by atoms with Crippen molar-refractivity contribution < 1.29 is 14.0 Å². The molecule has 0 radical (unpaired) electrons. The van der Waals surface area contributed by atoms with E-state index in [9.17, 15) is 0 Å². The van der Waals surface area contributed by atoms with Crippen molar-refractivity contribution in [3.8, 4) is 131 Å². The van der Waals surface area contributed by atoms with Gasteiger partial charge in [0.05, 0.1) is 11.2 Å². The van der Waals surface area contributed by atoms with E-state index in [0.717, 1.165) is 27.6 Å². The van der Waals surface area contributed by atoms with Crippen molar-refractivity contribution in [2.45, 2.75) is 93.3 Å². The number of ether oxygens (including phenoxy) is 1. The molecule has 137 heavy (non-hydrogen) atoms. The minimum absolute atomic E-state index is 0.345. The molecule has 24 rings (SSSR count). The van der Waals surface area contributed by atoms with Crippen molar-refractivity contribution in [1.82, 2.24) is 0 Å². The maximum atomic E-state index is 6.31. The zero-order chi connectivity index (χ0) is 93.7. The van der Waals surface area contributed by atoms with Gasteiger partial charge in [-0.15, -0.1) is 34.0 Å². The van der Waals surface area contributed by atoms with Crippen LogP contribution in [-0.2, 0) is 14.0 Å². The molecule has 0 atom stereocenters. The molecular weight excluding hydrogens is 1850 g/mol. The number of hydrogen-bond donors (Lipinski definition) is 0. The number of hydrogen-bond acceptors (Lipinski definition) is 6. The van der Waals surface area contributed by atoms with Crippen LogP contribution < -0.4 is 5.46 Å². The van der Waals surface area contributed by atoms with Crippen LogP contribution in [0.3, 0.4) is 0 Å². The van der Waals surface area contributed by atoms with Crippen LogP contribution in [0.4, 0.5) is 0 Å². The van der Waals surface area contributed by atoms with Gasteiger partial charge in [0.2, 0.25) is 0 Å². The molecule has 668 valence electrons. The van der Waals surface area contributed by atoms with Crippen LogP contribution in [0.1, 0.15) is 73.9 Å². The average molecular weight is 1960 g/mol. The molecule has 0 unspecified atom stereocenters. The third kappa shape index (κ3) is 18.3. The van der Waals surface area contributed by atoms with E-state index in [0.29, 0.717) is 0 Å². The molecule has 2 aliphatic heterocycles. The Hall–Kier alpha value is -13.0. The Kier molecular flexibility index (Phi) is 25.4. The van der Waals surface area contributed by atoms with Gasteiger partial charge in [0.1, 0.15) is 0 Å². The van der Waals surface area contributed by atoms with Crippen LogP contribution in [0, 0.1) is 41.5 Å². The fourth-order valence-electron chi connectivity index (χ4n) is 19.5. The largest absolute Gasteiger partial charge is 0.494 e. The Labute approximate surface area is 833 Å². The molecule has 22 aromatic rings. The van der Waals surface area contributed by atoms with E-state index < -0.39 is 0 Å². The fraction of sp³-hybridized carbons (Fsp3) is 0.125. The molecule has 0 saturated carbocycles. The lowest BCUT2D eigenvalue weighted by molar-refractivity contribution is 0.00578. The number of aryl methyl sites for hydroxylation is 6. The number of benzene rings is 19. The molecule has 19 aromatic carbocycles. The van der Waals surface area contributed by atoms with E-state index in [1.54, 1.807) is 0 Å². The standard InChI is InChI=1S/C70H50S2.C28H29BO2S.C26H16Br2.C4H8O/c1-43-15-23-49(24-16-43)67-59-37-33-55(41-63(59)71-69(67)51-27-19-45(3)20-28-51)53-31-35-57-61(39-53)65(47-11-7-5-8-12-47)58-36-32-54(40-62(58)66(57)48-13-9-6-10-14-48)56-34-38-60-64(42-56)72-70(52-29-21-46(4)22-30-52)68(60)50-25-17-44(2)18-26-50;1-18-7-11-20(12-8-18)25-23-16-15-22(29-30-27(3,4)28(5,6)31-29)17-24(23)32-26(25)21-13-9-19(2)10-14-21;27-19-12-14-22-23(15-19)25(17-7-3-1-4-8-17)21-13-11-20(28)16-24(21)26(22)18-9-5-2-6-10-18;1-2-4-5-3-1/h5-42H,1-4H3;7-17H,1-6H3;1-16H;1-4H2. The maximum Gasteiger partial charge on any atom is 0.494 e. The minimum Gasteiger partial charge on any atom is -0.399 e. The molecule has 9 heteroatoms. The normalized spacial score (nSPS) is 13.3. The summed E-state index contributed by atoms with van der Waals surface area (Å²) in [6.07, 6.45) is 2.56. The molecule has 0 aliphatic carbocycles. The van der Waals surface area contributed by atoms with Crippen molar-refractivity contribution in [2.75, 3.05) is 13.2 Å². The van der Waals surface area contributed by atoms with Gasteiger partial charge in [-0.2, -0.15) is 0 Å². The molecule has 5 heterocycles. The molecule has 2 fully saturated rings. The number of fused-ring (bicyclic) bond motifs is 7. The highest BCUT2D eigenvalue weighted by molar-refractivity contribution is 9.10. The van der Waals surface area contributed by atoms with Crippen LogP contribution in [-0.4, -0.2) is 31.5 Å². The summed E-state index contributed by atoms with van der Waals surface area (Å²) < 4.78 is 23.6. The number of halogens is 2. The highest BCUT2D eigenvalue weighted by Gasteiger charge is 2.52. The summed E-state index contributed by atoms with van der Waals surface area (Å²) >= 11 is 13.0. The van der Waals surface area contributed by atoms with Gasteiger partial charge in [-0.3, -0.25) is 0 Å². The van der Waals surface area contributed by atoms with Gasteiger partial charge >= 0.3 is 7.12 Å². The first-order valence-corrected chi connectivity index (χ1v) is 51.4. The van der Waals surface area contributed by atoms with Crippen LogP contribution >= 0.6 is 65.9 Å². The lowest BCUT2D eigenvalue weighted by Gasteiger charge is -2.32. The van der Waals surface area contributed by atoms with Crippen LogP contribution in [0.15, 0.2) is 403 Å². The fourth-order valence-corrected chi connectivity index (χ4v) is 24.0. The van der Waals surface area contributed by atoms with Crippen LogP contribution in [0.5, 0.6) is 0 Å². The summed E-state index contributed by atoms with van der Waals surface area (Å²) in [5, 5.41) is 13.9. The van der Waals surface area contributed by atoms with E-state index in [1.165, 1.54) is 251 Å². The Balaban J connectivity index is 0.000000140. The monoisotopic (exact) mass is 1950 g/mol. The Morgan fingerprint density at radius 1 is 0.219 bits per heavy atom. The molecule has 3 nitrogen and oxygen atoms in total. The van der Waals surface area contributed by atoms with E-state index in [4.69, 9.17) is 14.0 Å². The molecule has 2 saturated heterocycles. The molecule has 0 spiro atoms. The highest BCUT2D eigenvalue weighted by Crippen LogP contribution is 2.54.